The number of benzene rings is 1. The SMILES string of the molecule is CC(C)(C)S(=O)(=O)CC1CCC(CCCc2nccc3ccccc23)CC1. The third kappa shape index (κ3) is 5.10. The van der Waals surface area contributed by atoms with Crippen molar-refractivity contribution in [3.63, 3.8) is 0 Å². The van der Waals surface area contributed by atoms with E-state index in [1.54, 1.807) is 0 Å². The Bertz CT molecular complexity index is 854. The highest BCUT2D eigenvalue weighted by atomic mass is 32.2. The fourth-order valence-corrected chi connectivity index (χ4v) is 5.64. The van der Waals surface area contributed by atoms with E-state index in [2.05, 4.69) is 35.3 Å². The van der Waals surface area contributed by atoms with Crippen molar-refractivity contribution in [3.8, 4) is 0 Å². The molecule has 0 bridgehead atoms. The first-order valence-corrected chi connectivity index (χ1v) is 12.0. The average molecular weight is 388 g/mol. The first kappa shape index (κ1) is 20.3. The maximum Gasteiger partial charge on any atom is 0.155 e. The minimum atomic E-state index is -3.00. The van der Waals surface area contributed by atoms with E-state index >= 15 is 0 Å². The van der Waals surface area contributed by atoms with E-state index in [9.17, 15) is 8.42 Å². The van der Waals surface area contributed by atoms with Gasteiger partial charge in [-0.25, -0.2) is 8.42 Å². The molecule has 1 saturated carbocycles. The summed E-state index contributed by atoms with van der Waals surface area (Å²) in [5, 5.41) is 2.54. The van der Waals surface area contributed by atoms with Crippen LogP contribution in [0.4, 0.5) is 0 Å². The number of nitrogens with zero attached hydrogens (tertiary/aromatic N) is 1. The minimum Gasteiger partial charge on any atom is -0.261 e. The van der Waals surface area contributed by atoms with Gasteiger partial charge in [-0.2, -0.15) is 0 Å². The van der Waals surface area contributed by atoms with Crippen molar-refractivity contribution in [3.05, 3.63) is 42.2 Å². The summed E-state index contributed by atoms with van der Waals surface area (Å²) >= 11 is 0. The van der Waals surface area contributed by atoms with Gasteiger partial charge in [0.15, 0.2) is 9.84 Å². The number of aromatic nitrogens is 1. The second-order valence-corrected chi connectivity index (χ2v) is 11.9. The van der Waals surface area contributed by atoms with Crippen LogP contribution >= 0.6 is 0 Å². The van der Waals surface area contributed by atoms with Crippen LogP contribution in [0.3, 0.4) is 0 Å². The lowest BCUT2D eigenvalue weighted by atomic mass is 9.80. The second-order valence-electron chi connectivity index (χ2n) is 9.15. The molecule has 0 amide bonds. The van der Waals surface area contributed by atoms with Crippen LogP contribution < -0.4 is 0 Å². The van der Waals surface area contributed by atoms with E-state index in [1.165, 1.54) is 35.7 Å². The van der Waals surface area contributed by atoms with Gasteiger partial charge in [0.05, 0.1) is 10.5 Å². The second kappa shape index (κ2) is 8.30. The molecule has 1 aromatic heterocycles. The van der Waals surface area contributed by atoms with Gasteiger partial charge in [-0.3, -0.25) is 4.98 Å². The first-order chi connectivity index (χ1) is 12.8. The van der Waals surface area contributed by atoms with E-state index in [-0.39, 0.29) is 0 Å². The number of sulfone groups is 1. The molecular weight excluding hydrogens is 354 g/mol. The van der Waals surface area contributed by atoms with Gasteiger partial charge in [-0.15, -0.1) is 0 Å². The van der Waals surface area contributed by atoms with Crippen molar-refractivity contribution in [1.29, 1.82) is 0 Å². The summed E-state index contributed by atoms with van der Waals surface area (Å²) < 4.78 is 24.2. The average Bonchev–Trinajstić information content (AvgIpc) is 2.62. The van der Waals surface area contributed by atoms with Gasteiger partial charge in [0, 0.05) is 17.3 Å². The maximum absolute atomic E-state index is 12.4. The van der Waals surface area contributed by atoms with Gasteiger partial charge in [0.25, 0.3) is 0 Å². The Kier molecular flexibility index (Phi) is 6.25. The standard InChI is InChI=1S/C23H33NO2S/c1-23(2,3)27(25,26)17-19-13-11-18(12-14-19)7-6-10-22-21-9-5-4-8-20(21)15-16-24-22/h4-5,8-9,15-16,18-19H,6-7,10-14,17H2,1-3H3. The molecule has 4 heteroatoms. The third-order valence-electron chi connectivity index (χ3n) is 6.14. The highest BCUT2D eigenvalue weighted by Crippen LogP contribution is 2.34. The molecule has 2 aromatic rings. The molecule has 3 rings (SSSR count). The Labute approximate surface area is 164 Å². The quantitative estimate of drug-likeness (QED) is 0.650. The molecule has 1 fully saturated rings. The van der Waals surface area contributed by atoms with Crippen LogP contribution in [0.15, 0.2) is 36.5 Å². The van der Waals surface area contributed by atoms with Crippen LogP contribution in [0.25, 0.3) is 10.8 Å². The Morgan fingerprint density at radius 3 is 2.37 bits per heavy atom. The van der Waals surface area contributed by atoms with Gasteiger partial charge in [-0.1, -0.05) is 43.5 Å². The first-order valence-electron chi connectivity index (χ1n) is 10.3. The summed E-state index contributed by atoms with van der Waals surface area (Å²) in [6, 6.07) is 10.5. The Balaban J connectivity index is 1.46. The molecular formula is C23H33NO2S. The Hall–Kier alpha value is -1.42. The predicted molar refractivity (Wildman–Crippen MR) is 114 cm³/mol. The molecule has 0 aliphatic heterocycles. The van der Waals surface area contributed by atoms with E-state index < -0.39 is 14.6 Å². The lowest BCUT2D eigenvalue weighted by Crippen LogP contribution is -2.34. The normalized spacial score (nSPS) is 21.4. The number of rotatable bonds is 6. The van der Waals surface area contributed by atoms with Crippen LogP contribution in [-0.2, 0) is 16.3 Å². The molecule has 0 unspecified atom stereocenters. The zero-order valence-electron chi connectivity index (χ0n) is 16.9. The predicted octanol–water partition coefficient (Wildman–Crippen LogP) is 5.58. The molecule has 1 aliphatic rings. The molecule has 3 nitrogen and oxygen atoms in total. The number of pyridine rings is 1. The fourth-order valence-electron chi connectivity index (χ4n) is 4.19. The van der Waals surface area contributed by atoms with Crippen LogP contribution in [0.2, 0.25) is 0 Å². The van der Waals surface area contributed by atoms with Gasteiger partial charge < -0.3 is 0 Å². The monoisotopic (exact) mass is 387 g/mol. The van der Waals surface area contributed by atoms with Gasteiger partial charge in [-0.05, 0) is 69.7 Å². The molecule has 27 heavy (non-hydrogen) atoms. The summed E-state index contributed by atoms with van der Waals surface area (Å²) in [5.74, 6) is 1.46. The molecule has 0 spiro atoms. The lowest BCUT2D eigenvalue weighted by molar-refractivity contribution is 0.274. The summed E-state index contributed by atoms with van der Waals surface area (Å²) in [6.07, 6.45) is 9.80. The highest BCUT2D eigenvalue weighted by Gasteiger charge is 2.33. The van der Waals surface area contributed by atoms with E-state index in [0.29, 0.717) is 11.7 Å². The molecule has 0 saturated heterocycles. The number of fused-ring (bicyclic) bond motifs is 1. The fraction of sp³-hybridized carbons (Fsp3) is 0.609. The van der Waals surface area contributed by atoms with Crippen molar-refractivity contribution in [1.82, 2.24) is 4.98 Å². The number of hydrogen-bond donors (Lipinski definition) is 0. The largest absolute Gasteiger partial charge is 0.261 e. The zero-order chi connectivity index (χ0) is 19.5. The van der Waals surface area contributed by atoms with Crippen molar-refractivity contribution >= 4 is 20.6 Å². The van der Waals surface area contributed by atoms with Crippen molar-refractivity contribution in [2.24, 2.45) is 11.8 Å². The highest BCUT2D eigenvalue weighted by molar-refractivity contribution is 7.92. The summed E-state index contributed by atoms with van der Waals surface area (Å²) in [4.78, 5) is 4.60. The number of aryl methyl sites for hydroxylation is 1. The molecule has 0 atom stereocenters. The minimum absolute atomic E-state index is 0.352. The Morgan fingerprint density at radius 1 is 1.00 bits per heavy atom. The van der Waals surface area contributed by atoms with Crippen LogP contribution in [0.1, 0.15) is 65.0 Å². The van der Waals surface area contributed by atoms with E-state index in [0.717, 1.165) is 31.6 Å². The molecule has 1 heterocycles. The maximum atomic E-state index is 12.4. The number of hydrogen-bond acceptors (Lipinski definition) is 3. The smallest absolute Gasteiger partial charge is 0.155 e. The van der Waals surface area contributed by atoms with E-state index in [4.69, 9.17) is 0 Å². The molecule has 1 aromatic carbocycles. The summed E-state index contributed by atoms with van der Waals surface area (Å²) in [6.45, 7) is 5.44. The van der Waals surface area contributed by atoms with Crippen LogP contribution in [0, 0.1) is 11.8 Å². The van der Waals surface area contributed by atoms with Gasteiger partial charge in [0.2, 0.25) is 0 Å². The van der Waals surface area contributed by atoms with Crippen LogP contribution in [-0.4, -0.2) is 23.9 Å². The summed E-state index contributed by atoms with van der Waals surface area (Å²) in [5.41, 5.74) is 1.21. The van der Waals surface area contributed by atoms with Crippen molar-refractivity contribution in [2.75, 3.05) is 5.75 Å². The van der Waals surface area contributed by atoms with Crippen molar-refractivity contribution in [2.45, 2.75) is 70.5 Å². The molecule has 0 N–H and O–H groups in total. The third-order valence-corrected chi connectivity index (χ3v) is 8.91. The van der Waals surface area contributed by atoms with E-state index in [1.807, 2.05) is 27.0 Å². The molecule has 148 valence electrons. The topological polar surface area (TPSA) is 47.0 Å². The Morgan fingerprint density at radius 2 is 1.67 bits per heavy atom. The zero-order valence-corrected chi connectivity index (χ0v) is 17.8. The van der Waals surface area contributed by atoms with Gasteiger partial charge in [0.1, 0.15) is 0 Å². The van der Waals surface area contributed by atoms with Crippen LogP contribution in [0.5, 0.6) is 0 Å². The van der Waals surface area contributed by atoms with Gasteiger partial charge >= 0.3 is 0 Å². The van der Waals surface area contributed by atoms with Crippen molar-refractivity contribution < 1.29 is 8.42 Å². The summed E-state index contributed by atoms with van der Waals surface area (Å²) in [7, 11) is -3.00. The lowest BCUT2D eigenvalue weighted by Gasteiger charge is -2.30. The molecule has 0 radical (unpaired) electrons. The molecule has 1 aliphatic carbocycles.